The third-order valence-electron chi connectivity index (χ3n) is 2.43. The molecule has 0 saturated carbocycles. The lowest BCUT2D eigenvalue weighted by atomic mass is 10.3. The van der Waals surface area contributed by atoms with E-state index in [1.54, 1.807) is 7.11 Å². The van der Waals surface area contributed by atoms with Crippen molar-refractivity contribution in [3.05, 3.63) is 23.2 Å². The molecule has 0 spiro atoms. The van der Waals surface area contributed by atoms with Gasteiger partial charge in [0.25, 0.3) is 0 Å². The van der Waals surface area contributed by atoms with Gasteiger partial charge in [-0.3, -0.25) is 0 Å². The van der Waals surface area contributed by atoms with E-state index in [1.807, 2.05) is 30.0 Å². The summed E-state index contributed by atoms with van der Waals surface area (Å²) in [6.45, 7) is 2.18. The molecule has 1 fully saturated rings. The van der Waals surface area contributed by atoms with Crippen molar-refractivity contribution in [3.8, 4) is 5.75 Å². The number of thioether (sulfide) groups is 1. The van der Waals surface area contributed by atoms with Gasteiger partial charge >= 0.3 is 0 Å². The summed E-state index contributed by atoms with van der Waals surface area (Å²) < 4.78 is 5.31. The lowest BCUT2D eigenvalue weighted by Gasteiger charge is -2.12. The van der Waals surface area contributed by atoms with Crippen molar-refractivity contribution >= 4 is 23.4 Å². The van der Waals surface area contributed by atoms with Gasteiger partial charge in [-0.2, -0.15) is 0 Å². The van der Waals surface area contributed by atoms with Gasteiger partial charge in [-0.15, -0.1) is 11.8 Å². The lowest BCUT2D eigenvalue weighted by Crippen LogP contribution is -2.10. The Kier molecular flexibility index (Phi) is 3.78. The van der Waals surface area contributed by atoms with Crippen molar-refractivity contribution in [1.29, 1.82) is 0 Å². The summed E-state index contributed by atoms with van der Waals surface area (Å²) in [4.78, 5) is 1.14. The summed E-state index contributed by atoms with van der Waals surface area (Å²) in [5.41, 5.74) is 0. The maximum Gasteiger partial charge on any atom is 0.132 e. The SMILES string of the molecule is COc1ccc(Cl)cc1SC1CCNC1. The highest BCUT2D eigenvalue weighted by Gasteiger charge is 2.17. The van der Waals surface area contributed by atoms with Crippen LogP contribution < -0.4 is 10.1 Å². The Bertz CT molecular complexity index is 339. The molecule has 1 heterocycles. The van der Waals surface area contributed by atoms with Crippen molar-refractivity contribution in [2.45, 2.75) is 16.6 Å². The van der Waals surface area contributed by atoms with Crippen LogP contribution >= 0.6 is 23.4 Å². The van der Waals surface area contributed by atoms with Gasteiger partial charge in [0.1, 0.15) is 5.75 Å². The van der Waals surface area contributed by atoms with Gasteiger partial charge in [0.15, 0.2) is 0 Å². The van der Waals surface area contributed by atoms with E-state index in [9.17, 15) is 0 Å². The maximum absolute atomic E-state index is 5.97. The van der Waals surface area contributed by atoms with Crippen molar-refractivity contribution in [1.82, 2.24) is 5.32 Å². The van der Waals surface area contributed by atoms with Crippen LogP contribution in [0, 0.1) is 0 Å². The van der Waals surface area contributed by atoms with Crippen molar-refractivity contribution in [2.75, 3.05) is 20.2 Å². The van der Waals surface area contributed by atoms with Crippen LogP contribution in [0.1, 0.15) is 6.42 Å². The minimum atomic E-state index is 0.636. The third kappa shape index (κ3) is 2.80. The van der Waals surface area contributed by atoms with Gasteiger partial charge in [-0.1, -0.05) is 11.6 Å². The standard InChI is InChI=1S/C11H14ClNOS/c1-14-10-3-2-8(12)6-11(10)15-9-4-5-13-7-9/h2-3,6,9,13H,4-5,7H2,1H3. The van der Waals surface area contributed by atoms with Gasteiger partial charge in [-0.05, 0) is 31.2 Å². The quantitative estimate of drug-likeness (QED) is 0.882. The molecule has 0 aromatic heterocycles. The molecule has 1 unspecified atom stereocenters. The third-order valence-corrected chi connectivity index (χ3v) is 3.98. The van der Waals surface area contributed by atoms with Gasteiger partial charge in [-0.25, -0.2) is 0 Å². The molecule has 15 heavy (non-hydrogen) atoms. The van der Waals surface area contributed by atoms with Crippen LogP contribution in [0.4, 0.5) is 0 Å². The highest BCUT2D eigenvalue weighted by molar-refractivity contribution is 8.00. The van der Waals surface area contributed by atoms with Crippen LogP contribution in [0.15, 0.2) is 23.1 Å². The van der Waals surface area contributed by atoms with Crippen molar-refractivity contribution in [2.24, 2.45) is 0 Å². The van der Waals surface area contributed by atoms with Crippen LogP contribution in [0.5, 0.6) is 5.75 Å². The van der Waals surface area contributed by atoms with Crippen LogP contribution in [0.3, 0.4) is 0 Å². The minimum Gasteiger partial charge on any atom is -0.496 e. The van der Waals surface area contributed by atoms with Gasteiger partial charge in [0.2, 0.25) is 0 Å². The minimum absolute atomic E-state index is 0.636. The van der Waals surface area contributed by atoms with E-state index >= 15 is 0 Å². The van der Waals surface area contributed by atoms with E-state index in [4.69, 9.17) is 16.3 Å². The lowest BCUT2D eigenvalue weighted by molar-refractivity contribution is 0.405. The number of ether oxygens (including phenoxy) is 1. The fraction of sp³-hybridized carbons (Fsp3) is 0.455. The second kappa shape index (κ2) is 5.10. The first-order valence-electron chi connectivity index (χ1n) is 5.00. The Morgan fingerprint density at radius 1 is 1.53 bits per heavy atom. The number of methoxy groups -OCH3 is 1. The Morgan fingerprint density at radius 2 is 2.40 bits per heavy atom. The number of hydrogen-bond donors (Lipinski definition) is 1. The predicted octanol–water partition coefficient (Wildman–Crippen LogP) is 2.80. The average Bonchev–Trinajstić information content (AvgIpc) is 2.71. The van der Waals surface area contributed by atoms with Crippen LogP contribution in [-0.4, -0.2) is 25.4 Å². The topological polar surface area (TPSA) is 21.3 Å². The van der Waals surface area contributed by atoms with Gasteiger partial charge in [0.05, 0.1) is 12.0 Å². The van der Waals surface area contributed by atoms with Crippen LogP contribution in [0.2, 0.25) is 5.02 Å². The molecule has 2 rings (SSSR count). The van der Waals surface area contributed by atoms with Gasteiger partial charge < -0.3 is 10.1 Å². The molecular weight excluding hydrogens is 230 g/mol. The van der Waals surface area contributed by atoms with E-state index in [2.05, 4.69) is 5.32 Å². The average molecular weight is 244 g/mol. The Hall–Kier alpha value is -0.380. The van der Waals surface area contributed by atoms with E-state index in [0.29, 0.717) is 5.25 Å². The first kappa shape index (κ1) is 11.1. The molecule has 1 aromatic rings. The fourth-order valence-corrected chi connectivity index (χ4v) is 3.15. The Balaban J connectivity index is 2.14. The normalized spacial score (nSPS) is 20.5. The second-order valence-corrected chi connectivity index (χ2v) is 5.31. The van der Waals surface area contributed by atoms with Crippen LogP contribution in [-0.2, 0) is 0 Å². The molecule has 82 valence electrons. The zero-order valence-corrected chi connectivity index (χ0v) is 10.2. The van der Waals surface area contributed by atoms with E-state index in [-0.39, 0.29) is 0 Å². The zero-order chi connectivity index (χ0) is 10.7. The molecule has 1 aliphatic rings. The smallest absolute Gasteiger partial charge is 0.132 e. The molecule has 0 amide bonds. The molecule has 0 radical (unpaired) electrons. The molecule has 2 nitrogen and oxygen atoms in total. The molecule has 4 heteroatoms. The summed E-state index contributed by atoms with van der Waals surface area (Å²) in [6, 6.07) is 5.76. The van der Waals surface area contributed by atoms with Crippen LogP contribution in [0.25, 0.3) is 0 Å². The summed E-state index contributed by atoms with van der Waals surface area (Å²) in [5, 5.41) is 4.75. The highest BCUT2D eigenvalue weighted by atomic mass is 35.5. The summed E-state index contributed by atoms with van der Waals surface area (Å²) in [7, 11) is 1.69. The summed E-state index contributed by atoms with van der Waals surface area (Å²) >= 11 is 7.82. The molecule has 1 atom stereocenters. The number of nitrogens with one attached hydrogen (secondary N) is 1. The fourth-order valence-electron chi connectivity index (χ4n) is 1.65. The molecule has 1 aromatic carbocycles. The van der Waals surface area contributed by atoms with E-state index in [0.717, 1.165) is 28.8 Å². The highest BCUT2D eigenvalue weighted by Crippen LogP contribution is 2.35. The second-order valence-electron chi connectivity index (χ2n) is 3.53. The molecule has 1 N–H and O–H groups in total. The van der Waals surface area contributed by atoms with E-state index in [1.165, 1.54) is 6.42 Å². The Labute approximate surface area is 99.3 Å². The molecule has 1 saturated heterocycles. The monoisotopic (exact) mass is 243 g/mol. The summed E-state index contributed by atoms with van der Waals surface area (Å²) in [6.07, 6.45) is 1.21. The van der Waals surface area contributed by atoms with Crippen molar-refractivity contribution < 1.29 is 4.74 Å². The number of hydrogen-bond acceptors (Lipinski definition) is 3. The summed E-state index contributed by atoms with van der Waals surface area (Å²) in [5.74, 6) is 0.913. The molecule has 1 aliphatic heterocycles. The molecule has 0 bridgehead atoms. The number of halogens is 1. The zero-order valence-electron chi connectivity index (χ0n) is 8.63. The number of rotatable bonds is 3. The molecular formula is C11H14ClNOS. The predicted molar refractivity (Wildman–Crippen MR) is 65.1 cm³/mol. The van der Waals surface area contributed by atoms with E-state index < -0.39 is 0 Å². The first-order chi connectivity index (χ1) is 7.29. The first-order valence-corrected chi connectivity index (χ1v) is 6.26. The Morgan fingerprint density at radius 3 is 3.07 bits per heavy atom. The largest absolute Gasteiger partial charge is 0.496 e. The number of benzene rings is 1. The maximum atomic E-state index is 5.97. The van der Waals surface area contributed by atoms with Crippen molar-refractivity contribution in [3.63, 3.8) is 0 Å². The molecule has 0 aliphatic carbocycles. The van der Waals surface area contributed by atoms with Gasteiger partial charge in [0, 0.05) is 16.8 Å².